The summed E-state index contributed by atoms with van der Waals surface area (Å²) >= 11 is 0. The molecular weight excluding hydrogens is 203 g/mol. The molecule has 1 heterocycles. The third-order valence-corrected chi connectivity index (χ3v) is 2.33. The van der Waals surface area contributed by atoms with Crippen LogP contribution < -0.4 is 0 Å². The first kappa shape index (κ1) is 10.3. The van der Waals surface area contributed by atoms with Gasteiger partial charge in [-0.25, -0.2) is 4.39 Å². The van der Waals surface area contributed by atoms with E-state index in [9.17, 15) is 4.39 Å². The first-order valence-corrected chi connectivity index (χ1v) is 4.87. The van der Waals surface area contributed by atoms with Crippen LogP contribution >= 0.6 is 0 Å². The van der Waals surface area contributed by atoms with Crippen LogP contribution in [0.3, 0.4) is 0 Å². The fourth-order valence-corrected chi connectivity index (χ4v) is 1.56. The third kappa shape index (κ3) is 2.06. The normalized spacial score (nSPS) is 9.75. The summed E-state index contributed by atoms with van der Waals surface area (Å²) in [6.07, 6.45) is 3.92. The van der Waals surface area contributed by atoms with Crippen LogP contribution in [0.4, 0.5) is 4.39 Å². The minimum absolute atomic E-state index is 0.117. The van der Waals surface area contributed by atoms with Gasteiger partial charge in [-0.3, -0.25) is 4.98 Å². The summed E-state index contributed by atoms with van der Waals surface area (Å²) in [5.41, 5.74) is 1.77. The average molecular weight is 212 g/mol. The van der Waals surface area contributed by atoms with Gasteiger partial charge in [0, 0.05) is 18.8 Å². The molecule has 3 heteroatoms. The Morgan fingerprint density at radius 2 is 2.12 bits per heavy atom. The van der Waals surface area contributed by atoms with Gasteiger partial charge in [0.15, 0.2) is 0 Å². The van der Waals surface area contributed by atoms with Crippen LogP contribution in [0.5, 0.6) is 0 Å². The van der Waals surface area contributed by atoms with E-state index in [1.54, 1.807) is 24.5 Å². The summed E-state index contributed by atoms with van der Waals surface area (Å²) in [7, 11) is 0. The van der Waals surface area contributed by atoms with Crippen LogP contribution in [-0.2, 0) is 6.42 Å². The SMILES string of the molecule is N#Cc1c(F)cccc1Cc1cccnc1. The van der Waals surface area contributed by atoms with Crippen molar-refractivity contribution in [2.75, 3.05) is 0 Å². The number of aromatic nitrogens is 1. The summed E-state index contributed by atoms with van der Waals surface area (Å²) in [5.74, 6) is -0.469. The first-order chi connectivity index (χ1) is 7.81. The van der Waals surface area contributed by atoms with E-state index in [-0.39, 0.29) is 5.56 Å². The fourth-order valence-electron chi connectivity index (χ4n) is 1.56. The summed E-state index contributed by atoms with van der Waals surface area (Å²) < 4.78 is 13.3. The molecule has 1 aromatic carbocycles. The summed E-state index contributed by atoms with van der Waals surface area (Å²) in [6.45, 7) is 0. The predicted molar refractivity (Wildman–Crippen MR) is 58.2 cm³/mol. The predicted octanol–water partition coefficient (Wildman–Crippen LogP) is 2.68. The number of pyridine rings is 1. The van der Waals surface area contributed by atoms with E-state index < -0.39 is 5.82 Å². The molecule has 1 aromatic heterocycles. The number of benzene rings is 1. The maximum Gasteiger partial charge on any atom is 0.141 e. The van der Waals surface area contributed by atoms with E-state index in [2.05, 4.69) is 4.98 Å². The highest BCUT2D eigenvalue weighted by molar-refractivity contribution is 5.41. The van der Waals surface area contributed by atoms with Gasteiger partial charge in [-0.15, -0.1) is 0 Å². The van der Waals surface area contributed by atoms with E-state index in [0.29, 0.717) is 12.0 Å². The Bertz CT molecular complexity index is 529. The quantitative estimate of drug-likeness (QED) is 0.767. The molecule has 16 heavy (non-hydrogen) atoms. The number of rotatable bonds is 2. The molecule has 0 saturated carbocycles. The third-order valence-electron chi connectivity index (χ3n) is 2.33. The van der Waals surface area contributed by atoms with Gasteiger partial charge in [0.05, 0.1) is 5.56 Å². The lowest BCUT2D eigenvalue weighted by molar-refractivity contribution is 0.622. The van der Waals surface area contributed by atoms with Crippen LogP contribution in [0, 0.1) is 17.1 Å². The second-order valence-corrected chi connectivity index (χ2v) is 3.42. The zero-order valence-corrected chi connectivity index (χ0v) is 8.52. The van der Waals surface area contributed by atoms with Crippen molar-refractivity contribution in [2.24, 2.45) is 0 Å². The lowest BCUT2D eigenvalue weighted by Crippen LogP contribution is -1.95. The molecule has 0 bridgehead atoms. The Morgan fingerprint density at radius 1 is 1.25 bits per heavy atom. The summed E-state index contributed by atoms with van der Waals surface area (Å²) in [5, 5.41) is 8.87. The van der Waals surface area contributed by atoms with Crippen LogP contribution in [0.1, 0.15) is 16.7 Å². The van der Waals surface area contributed by atoms with Crippen molar-refractivity contribution in [2.45, 2.75) is 6.42 Å². The molecular formula is C13H9FN2. The topological polar surface area (TPSA) is 36.7 Å². The lowest BCUT2D eigenvalue weighted by Gasteiger charge is -2.04. The Hall–Kier alpha value is -2.21. The lowest BCUT2D eigenvalue weighted by atomic mass is 10.0. The minimum atomic E-state index is -0.469. The number of hydrogen-bond acceptors (Lipinski definition) is 2. The zero-order chi connectivity index (χ0) is 11.4. The molecule has 0 aliphatic carbocycles. The fraction of sp³-hybridized carbons (Fsp3) is 0.0769. The molecule has 0 N–H and O–H groups in total. The smallest absolute Gasteiger partial charge is 0.141 e. The highest BCUT2D eigenvalue weighted by atomic mass is 19.1. The zero-order valence-electron chi connectivity index (χ0n) is 8.52. The van der Waals surface area contributed by atoms with E-state index in [1.807, 2.05) is 18.2 Å². The molecule has 0 atom stereocenters. The van der Waals surface area contributed by atoms with Gasteiger partial charge in [-0.1, -0.05) is 18.2 Å². The van der Waals surface area contributed by atoms with Crippen molar-refractivity contribution in [1.29, 1.82) is 5.26 Å². The van der Waals surface area contributed by atoms with E-state index in [1.165, 1.54) is 6.07 Å². The van der Waals surface area contributed by atoms with Crippen LogP contribution in [-0.4, -0.2) is 4.98 Å². The van der Waals surface area contributed by atoms with E-state index in [4.69, 9.17) is 5.26 Å². The van der Waals surface area contributed by atoms with E-state index >= 15 is 0 Å². The molecule has 0 saturated heterocycles. The molecule has 0 radical (unpaired) electrons. The highest BCUT2D eigenvalue weighted by Crippen LogP contribution is 2.16. The van der Waals surface area contributed by atoms with Crippen LogP contribution in [0.2, 0.25) is 0 Å². The Morgan fingerprint density at radius 3 is 2.81 bits per heavy atom. The maximum atomic E-state index is 13.3. The molecule has 2 aromatic rings. The molecule has 0 aliphatic heterocycles. The largest absolute Gasteiger partial charge is 0.264 e. The summed E-state index contributed by atoms with van der Waals surface area (Å²) in [6, 6.07) is 10.3. The standard InChI is InChI=1S/C13H9FN2/c14-13-5-1-4-11(12(13)8-15)7-10-3-2-6-16-9-10/h1-6,9H,7H2. The molecule has 2 rings (SSSR count). The Labute approximate surface area is 93.0 Å². The molecule has 0 fully saturated rings. The van der Waals surface area contributed by atoms with Gasteiger partial charge in [0.25, 0.3) is 0 Å². The van der Waals surface area contributed by atoms with Crippen molar-refractivity contribution in [3.8, 4) is 6.07 Å². The van der Waals surface area contributed by atoms with E-state index in [0.717, 1.165) is 5.56 Å². The molecule has 0 amide bonds. The van der Waals surface area contributed by atoms with Crippen LogP contribution in [0.15, 0.2) is 42.7 Å². The molecule has 0 unspecified atom stereocenters. The number of hydrogen-bond donors (Lipinski definition) is 0. The molecule has 0 spiro atoms. The maximum absolute atomic E-state index is 13.3. The van der Waals surface area contributed by atoms with Gasteiger partial charge >= 0.3 is 0 Å². The minimum Gasteiger partial charge on any atom is -0.264 e. The molecule has 0 aliphatic rings. The monoisotopic (exact) mass is 212 g/mol. The van der Waals surface area contributed by atoms with Gasteiger partial charge < -0.3 is 0 Å². The molecule has 78 valence electrons. The van der Waals surface area contributed by atoms with Gasteiger partial charge in [-0.2, -0.15) is 5.26 Å². The van der Waals surface area contributed by atoms with Crippen molar-refractivity contribution in [3.05, 3.63) is 65.2 Å². The number of nitrogens with zero attached hydrogens (tertiary/aromatic N) is 2. The first-order valence-electron chi connectivity index (χ1n) is 4.87. The second kappa shape index (κ2) is 4.54. The van der Waals surface area contributed by atoms with Crippen molar-refractivity contribution in [3.63, 3.8) is 0 Å². The van der Waals surface area contributed by atoms with Gasteiger partial charge in [-0.05, 0) is 23.3 Å². The number of nitriles is 1. The van der Waals surface area contributed by atoms with Crippen molar-refractivity contribution >= 4 is 0 Å². The Balaban J connectivity index is 2.36. The molecule has 2 nitrogen and oxygen atoms in total. The average Bonchev–Trinajstić information content (AvgIpc) is 2.31. The highest BCUT2D eigenvalue weighted by Gasteiger charge is 2.07. The Kier molecular flexibility index (Phi) is 2.93. The van der Waals surface area contributed by atoms with Crippen LogP contribution in [0.25, 0.3) is 0 Å². The van der Waals surface area contributed by atoms with Crippen molar-refractivity contribution in [1.82, 2.24) is 4.98 Å². The second-order valence-electron chi connectivity index (χ2n) is 3.42. The van der Waals surface area contributed by atoms with Gasteiger partial charge in [0.2, 0.25) is 0 Å². The van der Waals surface area contributed by atoms with Crippen molar-refractivity contribution < 1.29 is 4.39 Å². The number of halogens is 1. The summed E-state index contributed by atoms with van der Waals surface area (Å²) in [4.78, 5) is 3.98. The van der Waals surface area contributed by atoms with Gasteiger partial charge in [0.1, 0.15) is 11.9 Å².